The molecule has 1 aliphatic carbocycles. The molecule has 0 atom stereocenters. The predicted octanol–water partition coefficient (Wildman–Crippen LogP) is 1.25. The minimum Gasteiger partial charge on any atom is -0.310 e. The summed E-state index contributed by atoms with van der Waals surface area (Å²) in [6, 6.07) is 0. The first kappa shape index (κ1) is 8.10. The van der Waals surface area contributed by atoms with Crippen LogP contribution >= 0.6 is 0 Å². The van der Waals surface area contributed by atoms with Crippen LogP contribution in [0.25, 0.3) is 0 Å². The van der Waals surface area contributed by atoms with Crippen LogP contribution in [-0.2, 0) is 14.2 Å². The number of ether oxygens (including phenoxy) is 3. The number of hydrogen-bond acceptors (Lipinski definition) is 5. The normalized spacial score (nSPS) is 29.2. The van der Waals surface area contributed by atoms with Crippen molar-refractivity contribution < 1.29 is 14.2 Å². The fraction of sp³-hybridized carbons (Fsp3) is 1.00. The van der Waals surface area contributed by atoms with Gasteiger partial charge in [0, 0.05) is 14.2 Å². The van der Waals surface area contributed by atoms with E-state index in [0.29, 0.717) is 0 Å². The van der Waals surface area contributed by atoms with Crippen LogP contribution in [0.15, 0.2) is 10.2 Å². The molecule has 2 aliphatic rings. The summed E-state index contributed by atoms with van der Waals surface area (Å²) < 4.78 is 15.4. The summed E-state index contributed by atoms with van der Waals surface area (Å²) in [5.74, 6) is 0. The van der Waals surface area contributed by atoms with Gasteiger partial charge >= 0.3 is 6.10 Å². The van der Waals surface area contributed by atoms with E-state index in [2.05, 4.69) is 10.2 Å². The molecule has 1 heterocycles. The highest BCUT2D eigenvalue weighted by molar-refractivity contribution is 4.90. The molecule has 0 aromatic rings. The molecule has 0 saturated heterocycles. The van der Waals surface area contributed by atoms with Crippen LogP contribution in [0, 0.1) is 0 Å². The molecule has 1 fully saturated rings. The van der Waals surface area contributed by atoms with Gasteiger partial charge in [0.05, 0.1) is 0 Å². The molecule has 0 unspecified atom stereocenters. The lowest BCUT2D eigenvalue weighted by molar-refractivity contribution is -0.379. The highest BCUT2D eigenvalue weighted by Gasteiger charge is 2.53. The smallest absolute Gasteiger partial charge is 0.310 e. The zero-order valence-corrected chi connectivity index (χ0v) is 7.24. The first-order valence-electron chi connectivity index (χ1n) is 3.99. The third kappa shape index (κ3) is 0.972. The Bertz CT molecular complexity index is 209. The van der Waals surface area contributed by atoms with E-state index in [4.69, 9.17) is 14.2 Å². The van der Waals surface area contributed by atoms with Gasteiger partial charge in [-0.2, -0.15) is 5.11 Å². The van der Waals surface area contributed by atoms with Gasteiger partial charge < -0.3 is 9.47 Å². The van der Waals surface area contributed by atoms with Gasteiger partial charge in [-0.1, -0.05) is 5.11 Å². The van der Waals surface area contributed by atoms with Crippen molar-refractivity contribution in [3.63, 3.8) is 0 Å². The zero-order chi connectivity index (χ0) is 8.66. The van der Waals surface area contributed by atoms with Crippen LogP contribution in [0.3, 0.4) is 0 Å². The summed E-state index contributed by atoms with van der Waals surface area (Å²) in [6.07, 6.45) is 1.67. The average Bonchev–Trinajstić information content (AvgIpc) is 2.44. The molecule has 68 valence electrons. The largest absolute Gasteiger partial charge is 0.414 e. The summed E-state index contributed by atoms with van der Waals surface area (Å²) in [7, 11) is 2.97. The van der Waals surface area contributed by atoms with E-state index in [1.54, 1.807) is 0 Å². The number of rotatable bonds is 2. The number of methoxy groups -OCH3 is 2. The van der Waals surface area contributed by atoms with E-state index in [1.807, 2.05) is 0 Å². The molecule has 1 spiro atoms. The molecule has 5 heteroatoms. The van der Waals surface area contributed by atoms with Crippen LogP contribution in [0.2, 0.25) is 0 Å². The average molecular weight is 172 g/mol. The van der Waals surface area contributed by atoms with E-state index in [0.717, 1.165) is 19.3 Å². The molecule has 0 radical (unpaired) electrons. The van der Waals surface area contributed by atoms with Crippen molar-refractivity contribution in [1.29, 1.82) is 0 Å². The van der Waals surface area contributed by atoms with E-state index >= 15 is 0 Å². The molecular weight excluding hydrogens is 160 g/mol. The lowest BCUT2D eigenvalue weighted by atomic mass is 9.89. The third-order valence-electron chi connectivity index (χ3n) is 2.32. The van der Waals surface area contributed by atoms with Crippen molar-refractivity contribution in [1.82, 2.24) is 0 Å². The Morgan fingerprint density at radius 1 is 1.17 bits per heavy atom. The molecule has 2 rings (SSSR count). The Balaban J connectivity index is 2.10. The van der Waals surface area contributed by atoms with Gasteiger partial charge in [0.15, 0.2) is 5.72 Å². The van der Waals surface area contributed by atoms with E-state index < -0.39 is 11.8 Å². The quantitative estimate of drug-likeness (QED) is 0.589. The van der Waals surface area contributed by atoms with Gasteiger partial charge in [-0.15, -0.1) is 0 Å². The number of nitrogens with zero attached hydrogens (tertiary/aromatic N) is 2. The Hall–Kier alpha value is -0.520. The second-order valence-corrected chi connectivity index (χ2v) is 3.03. The van der Waals surface area contributed by atoms with Crippen LogP contribution in [0.5, 0.6) is 0 Å². The Morgan fingerprint density at radius 2 is 1.83 bits per heavy atom. The minimum absolute atomic E-state index is 0.438. The van der Waals surface area contributed by atoms with E-state index in [1.165, 1.54) is 14.2 Å². The topological polar surface area (TPSA) is 52.4 Å². The van der Waals surface area contributed by atoms with Crippen LogP contribution in [0.1, 0.15) is 19.3 Å². The van der Waals surface area contributed by atoms with Crippen molar-refractivity contribution in [3.05, 3.63) is 0 Å². The summed E-state index contributed by atoms with van der Waals surface area (Å²) in [5, 5.41) is 7.86. The standard InChI is InChI=1S/C7H12N2O3/c1-10-7(11-2)9-8-6(12-7)4-3-5-6/h3-5H2,1-2H3. The first-order valence-corrected chi connectivity index (χ1v) is 3.99. The molecule has 0 aromatic heterocycles. The predicted molar refractivity (Wildman–Crippen MR) is 39.3 cm³/mol. The summed E-state index contributed by atoms with van der Waals surface area (Å²) in [4.78, 5) is 0. The monoisotopic (exact) mass is 172 g/mol. The molecule has 12 heavy (non-hydrogen) atoms. The van der Waals surface area contributed by atoms with Gasteiger partial charge in [0.25, 0.3) is 0 Å². The van der Waals surface area contributed by atoms with E-state index in [-0.39, 0.29) is 0 Å². The molecule has 0 bridgehead atoms. The number of azo groups is 1. The maximum Gasteiger partial charge on any atom is 0.414 e. The van der Waals surface area contributed by atoms with Crippen LogP contribution in [-0.4, -0.2) is 26.0 Å². The minimum atomic E-state index is -1.28. The lowest BCUT2D eigenvalue weighted by Gasteiger charge is -2.35. The fourth-order valence-electron chi connectivity index (χ4n) is 1.36. The molecule has 0 N–H and O–H groups in total. The summed E-state index contributed by atoms with van der Waals surface area (Å²) in [5.41, 5.74) is -0.438. The molecule has 5 nitrogen and oxygen atoms in total. The van der Waals surface area contributed by atoms with Crippen LogP contribution < -0.4 is 0 Å². The molecule has 1 saturated carbocycles. The fourth-order valence-corrected chi connectivity index (χ4v) is 1.36. The van der Waals surface area contributed by atoms with Crippen LogP contribution in [0.4, 0.5) is 0 Å². The molecule has 0 aromatic carbocycles. The molecule has 1 aliphatic heterocycles. The maximum atomic E-state index is 5.49. The Morgan fingerprint density at radius 3 is 2.08 bits per heavy atom. The Kier molecular flexibility index (Phi) is 1.67. The third-order valence-corrected chi connectivity index (χ3v) is 2.32. The van der Waals surface area contributed by atoms with Gasteiger partial charge in [0.1, 0.15) is 0 Å². The summed E-state index contributed by atoms with van der Waals surface area (Å²) >= 11 is 0. The van der Waals surface area contributed by atoms with E-state index in [9.17, 15) is 0 Å². The van der Waals surface area contributed by atoms with Gasteiger partial charge in [-0.3, -0.25) is 4.74 Å². The maximum absolute atomic E-state index is 5.49. The highest BCUT2D eigenvalue weighted by Crippen LogP contribution is 2.45. The van der Waals surface area contributed by atoms with Crippen molar-refractivity contribution in [2.45, 2.75) is 31.1 Å². The SMILES string of the molecule is COC1(OC)N=NC2(CCC2)O1. The van der Waals surface area contributed by atoms with Gasteiger partial charge in [-0.05, 0) is 19.3 Å². The van der Waals surface area contributed by atoms with Gasteiger partial charge in [0.2, 0.25) is 0 Å². The van der Waals surface area contributed by atoms with Gasteiger partial charge in [-0.25, -0.2) is 0 Å². The van der Waals surface area contributed by atoms with Crippen molar-refractivity contribution >= 4 is 0 Å². The zero-order valence-electron chi connectivity index (χ0n) is 7.24. The highest BCUT2D eigenvalue weighted by atomic mass is 16.9. The van der Waals surface area contributed by atoms with Crippen molar-refractivity contribution in [2.75, 3.05) is 14.2 Å². The molecular formula is C7H12N2O3. The number of hydrogen-bond donors (Lipinski definition) is 0. The summed E-state index contributed by atoms with van der Waals surface area (Å²) in [6.45, 7) is 0. The second kappa shape index (κ2) is 2.48. The lowest BCUT2D eigenvalue weighted by Crippen LogP contribution is -2.43. The second-order valence-electron chi connectivity index (χ2n) is 3.03. The van der Waals surface area contributed by atoms with Crippen molar-refractivity contribution in [2.24, 2.45) is 10.2 Å². The Labute approximate surface area is 70.7 Å². The molecule has 0 amide bonds. The first-order chi connectivity index (χ1) is 5.74. The van der Waals surface area contributed by atoms with Crippen molar-refractivity contribution in [3.8, 4) is 0 Å².